The van der Waals surface area contributed by atoms with Crippen LogP contribution in [0.5, 0.6) is 0 Å². The summed E-state index contributed by atoms with van der Waals surface area (Å²) >= 11 is 0. The molecule has 4 rings (SSSR count). The highest BCUT2D eigenvalue weighted by molar-refractivity contribution is 5.39. The lowest BCUT2D eigenvalue weighted by molar-refractivity contribution is 0.138. The quantitative estimate of drug-likeness (QED) is 0.803. The highest BCUT2D eigenvalue weighted by Gasteiger charge is 2.31. The predicted molar refractivity (Wildman–Crippen MR) is 85.8 cm³/mol. The number of hydrogen-bond acceptors (Lipinski definition) is 4. The van der Waals surface area contributed by atoms with Crippen molar-refractivity contribution >= 4 is 5.82 Å². The number of aliphatic hydroxyl groups is 1. The fourth-order valence-corrected chi connectivity index (χ4v) is 3.64. The van der Waals surface area contributed by atoms with Crippen LogP contribution in [-0.4, -0.2) is 34.1 Å². The number of nitrogens with zero attached hydrogens (tertiary/aromatic N) is 2. The van der Waals surface area contributed by atoms with Crippen LogP contribution in [0.3, 0.4) is 0 Å². The van der Waals surface area contributed by atoms with E-state index in [1.54, 1.807) is 0 Å². The van der Waals surface area contributed by atoms with Crippen LogP contribution in [0.4, 0.5) is 5.82 Å². The van der Waals surface area contributed by atoms with E-state index in [0.717, 1.165) is 37.6 Å². The SMILES string of the molecule is Cc1cc2n(n1)CC(CN[C@H]1c3ccccc3C[C@H]1O)CN2. The Morgan fingerprint density at radius 3 is 3.18 bits per heavy atom. The third-order valence-corrected chi connectivity index (χ3v) is 4.74. The lowest BCUT2D eigenvalue weighted by atomic mass is 10.0. The van der Waals surface area contributed by atoms with Gasteiger partial charge in [0, 0.05) is 38.0 Å². The van der Waals surface area contributed by atoms with E-state index in [4.69, 9.17) is 0 Å². The first-order chi connectivity index (χ1) is 10.7. The molecule has 5 nitrogen and oxygen atoms in total. The Morgan fingerprint density at radius 1 is 1.41 bits per heavy atom. The van der Waals surface area contributed by atoms with Crippen molar-refractivity contribution in [1.82, 2.24) is 15.1 Å². The number of fused-ring (bicyclic) bond motifs is 2. The van der Waals surface area contributed by atoms with Gasteiger partial charge in [0.1, 0.15) is 5.82 Å². The van der Waals surface area contributed by atoms with Crippen LogP contribution >= 0.6 is 0 Å². The molecule has 0 bridgehead atoms. The summed E-state index contributed by atoms with van der Waals surface area (Å²) < 4.78 is 2.05. The Bertz CT molecular complexity index is 681. The largest absolute Gasteiger partial charge is 0.391 e. The van der Waals surface area contributed by atoms with E-state index >= 15 is 0 Å². The number of aliphatic hydroxyl groups excluding tert-OH is 1. The van der Waals surface area contributed by atoms with E-state index in [9.17, 15) is 5.11 Å². The number of benzene rings is 1. The molecule has 2 aromatic rings. The van der Waals surface area contributed by atoms with Crippen molar-refractivity contribution in [2.45, 2.75) is 32.0 Å². The van der Waals surface area contributed by atoms with Crippen molar-refractivity contribution in [3.63, 3.8) is 0 Å². The van der Waals surface area contributed by atoms with Gasteiger partial charge >= 0.3 is 0 Å². The van der Waals surface area contributed by atoms with Crippen LogP contribution < -0.4 is 10.6 Å². The van der Waals surface area contributed by atoms with Gasteiger partial charge in [0.15, 0.2) is 0 Å². The van der Waals surface area contributed by atoms with E-state index in [1.165, 1.54) is 11.1 Å². The number of nitrogens with one attached hydrogen (secondary N) is 2. The molecule has 0 fully saturated rings. The zero-order chi connectivity index (χ0) is 15.1. The molecule has 0 saturated heterocycles. The molecule has 1 unspecified atom stereocenters. The second-order valence-electron chi connectivity index (χ2n) is 6.46. The molecular formula is C17H22N4O. The Balaban J connectivity index is 1.41. The minimum atomic E-state index is -0.323. The minimum Gasteiger partial charge on any atom is -0.391 e. The molecular weight excluding hydrogens is 276 g/mol. The minimum absolute atomic E-state index is 0.0527. The molecule has 22 heavy (non-hydrogen) atoms. The fourth-order valence-electron chi connectivity index (χ4n) is 3.64. The molecule has 0 radical (unpaired) electrons. The highest BCUT2D eigenvalue weighted by atomic mass is 16.3. The van der Waals surface area contributed by atoms with Crippen molar-refractivity contribution in [3.8, 4) is 0 Å². The average Bonchev–Trinajstić information content (AvgIpc) is 3.03. The van der Waals surface area contributed by atoms with Crippen LogP contribution in [0, 0.1) is 12.8 Å². The van der Waals surface area contributed by atoms with Crippen LogP contribution in [-0.2, 0) is 13.0 Å². The molecule has 3 atom stereocenters. The van der Waals surface area contributed by atoms with Gasteiger partial charge in [0.05, 0.1) is 17.8 Å². The third-order valence-electron chi connectivity index (χ3n) is 4.74. The number of aryl methyl sites for hydroxylation is 1. The van der Waals surface area contributed by atoms with Crippen molar-refractivity contribution in [2.75, 3.05) is 18.4 Å². The maximum absolute atomic E-state index is 10.3. The van der Waals surface area contributed by atoms with E-state index in [-0.39, 0.29) is 12.1 Å². The molecule has 1 aliphatic heterocycles. The van der Waals surface area contributed by atoms with Gasteiger partial charge in [-0.3, -0.25) is 0 Å². The fraction of sp³-hybridized carbons (Fsp3) is 0.471. The Kier molecular flexibility index (Phi) is 3.39. The summed E-state index contributed by atoms with van der Waals surface area (Å²) in [6, 6.07) is 10.5. The number of aromatic nitrogens is 2. The summed E-state index contributed by atoms with van der Waals surface area (Å²) in [6.45, 7) is 4.77. The normalized spacial score (nSPS) is 26.4. The predicted octanol–water partition coefficient (Wildman–Crippen LogP) is 1.48. The van der Waals surface area contributed by atoms with Gasteiger partial charge in [-0.2, -0.15) is 5.10 Å². The van der Waals surface area contributed by atoms with Crippen molar-refractivity contribution < 1.29 is 5.11 Å². The lowest BCUT2D eigenvalue weighted by Gasteiger charge is -2.27. The summed E-state index contributed by atoms with van der Waals surface area (Å²) in [5.41, 5.74) is 3.56. The van der Waals surface area contributed by atoms with Gasteiger partial charge in [0.2, 0.25) is 0 Å². The second-order valence-corrected chi connectivity index (χ2v) is 6.46. The van der Waals surface area contributed by atoms with Gasteiger partial charge in [-0.05, 0) is 18.1 Å². The maximum atomic E-state index is 10.3. The average molecular weight is 298 g/mol. The maximum Gasteiger partial charge on any atom is 0.124 e. The van der Waals surface area contributed by atoms with Crippen LogP contribution in [0.2, 0.25) is 0 Å². The van der Waals surface area contributed by atoms with Gasteiger partial charge < -0.3 is 15.7 Å². The van der Waals surface area contributed by atoms with Gasteiger partial charge in [-0.25, -0.2) is 4.68 Å². The summed E-state index contributed by atoms with van der Waals surface area (Å²) in [6.07, 6.45) is 0.427. The van der Waals surface area contributed by atoms with E-state index in [2.05, 4.69) is 33.9 Å². The third kappa shape index (κ3) is 2.40. The molecule has 116 valence electrons. The van der Waals surface area contributed by atoms with Gasteiger partial charge in [-0.15, -0.1) is 0 Å². The van der Waals surface area contributed by atoms with Gasteiger partial charge in [0.25, 0.3) is 0 Å². The summed E-state index contributed by atoms with van der Waals surface area (Å²) in [5, 5.41) is 21.8. The Morgan fingerprint density at radius 2 is 2.27 bits per heavy atom. The van der Waals surface area contributed by atoms with E-state index in [1.807, 2.05) is 23.7 Å². The number of rotatable bonds is 3. The van der Waals surface area contributed by atoms with Crippen LogP contribution in [0.1, 0.15) is 22.9 Å². The number of anilines is 1. The monoisotopic (exact) mass is 298 g/mol. The zero-order valence-electron chi connectivity index (χ0n) is 12.8. The Labute approximate surface area is 130 Å². The molecule has 3 N–H and O–H groups in total. The van der Waals surface area contributed by atoms with E-state index < -0.39 is 0 Å². The molecule has 1 aromatic heterocycles. The Hall–Kier alpha value is -1.85. The van der Waals surface area contributed by atoms with E-state index in [0.29, 0.717) is 5.92 Å². The molecule has 0 spiro atoms. The molecule has 1 aromatic carbocycles. The smallest absolute Gasteiger partial charge is 0.124 e. The summed E-state index contributed by atoms with van der Waals surface area (Å²) in [4.78, 5) is 0. The van der Waals surface area contributed by atoms with Crippen molar-refractivity contribution in [2.24, 2.45) is 5.92 Å². The van der Waals surface area contributed by atoms with Crippen LogP contribution in [0.15, 0.2) is 30.3 Å². The molecule has 2 heterocycles. The standard InChI is InChI=1S/C17H22N4O/c1-11-6-16-18-8-12(10-21(16)20-11)9-19-17-14-5-3-2-4-13(14)7-15(17)22/h2-6,12,15,17-19,22H,7-10H2,1H3/t12?,15-,17+/m1/s1. The summed E-state index contributed by atoms with van der Waals surface area (Å²) in [7, 11) is 0. The topological polar surface area (TPSA) is 62.1 Å². The van der Waals surface area contributed by atoms with Crippen molar-refractivity contribution in [3.05, 3.63) is 47.2 Å². The van der Waals surface area contributed by atoms with Gasteiger partial charge in [-0.1, -0.05) is 24.3 Å². The molecule has 2 aliphatic rings. The number of hydrogen-bond donors (Lipinski definition) is 3. The van der Waals surface area contributed by atoms with Crippen LogP contribution in [0.25, 0.3) is 0 Å². The molecule has 5 heteroatoms. The van der Waals surface area contributed by atoms with Crippen molar-refractivity contribution in [1.29, 1.82) is 0 Å². The summed E-state index contributed by atoms with van der Waals surface area (Å²) in [5.74, 6) is 1.59. The molecule has 1 aliphatic carbocycles. The second kappa shape index (κ2) is 5.41. The first kappa shape index (κ1) is 13.8. The molecule has 0 saturated carbocycles. The first-order valence-electron chi connectivity index (χ1n) is 7.98. The highest BCUT2D eigenvalue weighted by Crippen LogP contribution is 2.31. The zero-order valence-corrected chi connectivity index (χ0v) is 12.8. The first-order valence-corrected chi connectivity index (χ1v) is 7.98. The lowest BCUT2D eigenvalue weighted by Crippen LogP contribution is -2.38. The molecule has 0 amide bonds.